The third-order valence-electron chi connectivity index (χ3n) is 1.22. The highest BCUT2D eigenvalue weighted by atomic mass is 127. The van der Waals surface area contributed by atoms with Gasteiger partial charge in [0.05, 0.1) is 0 Å². The summed E-state index contributed by atoms with van der Waals surface area (Å²) < 4.78 is 1.31. The van der Waals surface area contributed by atoms with Crippen molar-refractivity contribution in [2.45, 2.75) is 13.3 Å². The van der Waals surface area contributed by atoms with Crippen LogP contribution in [0.15, 0.2) is 18.5 Å². The summed E-state index contributed by atoms with van der Waals surface area (Å²) in [5, 5.41) is 0. The van der Waals surface area contributed by atoms with Crippen molar-refractivity contribution in [3.8, 4) is 0 Å². The van der Waals surface area contributed by atoms with Crippen LogP contribution in [-0.2, 0) is 6.42 Å². The summed E-state index contributed by atoms with van der Waals surface area (Å²) in [6.45, 7) is 2.14. The Labute approximate surface area is 68.6 Å². The van der Waals surface area contributed by atoms with E-state index in [4.69, 9.17) is 0 Å². The molecule has 0 unspecified atom stereocenters. The molecule has 0 aliphatic heterocycles. The van der Waals surface area contributed by atoms with Gasteiger partial charge in [-0.05, 0) is 40.6 Å². The Morgan fingerprint density at radius 1 is 1.67 bits per heavy atom. The second kappa shape index (κ2) is 3.15. The molecule has 9 heavy (non-hydrogen) atoms. The largest absolute Gasteiger partial charge is 0.264 e. The molecular weight excluding hydrogens is 225 g/mol. The van der Waals surface area contributed by atoms with Crippen molar-refractivity contribution in [1.82, 2.24) is 4.98 Å². The first-order chi connectivity index (χ1) is 4.34. The van der Waals surface area contributed by atoms with E-state index in [0.29, 0.717) is 0 Å². The summed E-state index contributed by atoms with van der Waals surface area (Å²) in [4.78, 5) is 4.01. The predicted octanol–water partition coefficient (Wildman–Crippen LogP) is 2.25. The highest BCUT2D eigenvalue weighted by molar-refractivity contribution is 14.1. The fourth-order valence-corrected chi connectivity index (χ4v) is 1.35. The lowest BCUT2D eigenvalue weighted by atomic mass is 10.2. The lowest BCUT2D eigenvalue weighted by Crippen LogP contribution is -1.85. The molecule has 0 saturated carbocycles. The lowest BCUT2D eigenvalue weighted by molar-refractivity contribution is 1.09. The number of aromatic nitrogens is 1. The molecule has 0 aromatic carbocycles. The van der Waals surface area contributed by atoms with Gasteiger partial charge in [-0.25, -0.2) is 0 Å². The molecule has 0 amide bonds. The second-order valence-electron chi connectivity index (χ2n) is 1.82. The Morgan fingerprint density at radius 3 is 2.89 bits per heavy atom. The number of halogens is 1. The highest BCUT2D eigenvalue weighted by Crippen LogP contribution is 2.09. The van der Waals surface area contributed by atoms with Gasteiger partial charge in [0.2, 0.25) is 0 Å². The average molecular weight is 233 g/mol. The predicted molar refractivity (Wildman–Crippen MR) is 46.3 cm³/mol. The molecule has 0 saturated heterocycles. The van der Waals surface area contributed by atoms with Gasteiger partial charge in [0.25, 0.3) is 0 Å². The third-order valence-corrected chi connectivity index (χ3v) is 2.28. The monoisotopic (exact) mass is 233 g/mol. The first-order valence-corrected chi connectivity index (χ1v) is 4.01. The molecule has 0 N–H and O–H groups in total. The van der Waals surface area contributed by atoms with Gasteiger partial charge in [-0.3, -0.25) is 4.98 Å². The Hall–Kier alpha value is -0.120. The van der Waals surface area contributed by atoms with Gasteiger partial charge < -0.3 is 0 Å². The van der Waals surface area contributed by atoms with E-state index in [9.17, 15) is 0 Å². The first kappa shape index (κ1) is 6.99. The molecule has 48 valence electrons. The topological polar surface area (TPSA) is 12.9 Å². The smallest absolute Gasteiger partial charge is 0.0310 e. The molecule has 0 spiro atoms. The van der Waals surface area contributed by atoms with E-state index in [2.05, 4.69) is 34.5 Å². The van der Waals surface area contributed by atoms with Crippen molar-refractivity contribution in [3.05, 3.63) is 27.6 Å². The molecule has 1 rings (SSSR count). The molecule has 1 aromatic rings. The summed E-state index contributed by atoms with van der Waals surface area (Å²) >= 11 is 2.32. The summed E-state index contributed by atoms with van der Waals surface area (Å²) in [5.41, 5.74) is 1.33. The van der Waals surface area contributed by atoms with Crippen molar-refractivity contribution in [1.29, 1.82) is 0 Å². The summed E-state index contributed by atoms with van der Waals surface area (Å²) in [6.07, 6.45) is 4.81. The SMILES string of the molecule is CCc1cnccc1I. The number of pyridine rings is 1. The van der Waals surface area contributed by atoms with Gasteiger partial charge in [0.1, 0.15) is 0 Å². The molecule has 0 atom stereocenters. The highest BCUT2D eigenvalue weighted by Gasteiger charge is 1.92. The Morgan fingerprint density at radius 2 is 2.44 bits per heavy atom. The number of hydrogen-bond donors (Lipinski definition) is 0. The van der Waals surface area contributed by atoms with E-state index in [-0.39, 0.29) is 0 Å². The molecule has 1 aromatic heterocycles. The van der Waals surface area contributed by atoms with E-state index in [1.807, 2.05) is 18.5 Å². The molecular formula is C7H8IN. The molecule has 0 radical (unpaired) electrons. The fraction of sp³-hybridized carbons (Fsp3) is 0.286. The van der Waals surface area contributed by atoms with Gasteiger partial charge in [-0.1, -0.05) is 6.92 Å². The van der Waals surface area contributed by atoms with Gasteiger partial charge in [-0.15, -0.1) is 0 Å². The van der Waals surface area contributed by atoms with Crippen molar-refractivity contribution in [3.63, 3.8) is 0 Å². The van der Waals surface area contributed by atoms with Crippen LogP contribution < -0.4 is 0 Å². The Kier molecular flexibility index (Phi) is 2.45. The summed E-state index contributed by atoms with van der Waals surface area (Å²) in [5.74, 6) is 0. The van der Waals surface area contributed by atoms with Crippen LogP contribution in [0, 0.1) is 3.57 Å². The van der Waals surface area contributed by atoms with E-state index >= 15 is 0 Å². The van der Waals surface area contributed by atoms with Crippen LogP contribution in [0.1, 0.15) is 12.5 Å². The molecule has 0 aliphatic carbocycles. The van der Waals surface area contributed by atoms with Crippen LogP contribution in [0.25, 0.3) is 0 Å². The van der Waals surface area contributed by atoms with Crippen molar-refractivity contribution < 1.29 is 0 Å². The molecule has 2 heteroatoms. The number of hydrogen-bond acceptors (Lipinski definition) is 1. The number of nitrogens with zero attached hydrogens (tertiary/aromatic N) is 1. The second-order valence-corrected chi connectivity index (χ2v) is 2.98. The van der Waals surface area contributed by atoms with Crippen molar-refractivity contribution in [2.24, 2.45) is 0 Å². The van der Waals surface area contributed by atoms with Gasteiger partial charge >= 0.3 is 0 Å². The molecule has 0 aliphatic rings. The van der Waals surface area contributed by atoms with Gasteiger partial charge in [0.15, 0.2) is 0 Å². The first-order valence-electron chi connectivity index (χ1n) is 2.93. The minimum absolute atomic E-state index is 1.08. The van der Waals surface area contributed by atoms with Crippen LogP contribution in [0.2, 0.25) is 0 Å². The lowest BCUT2D eigenvalue weighted by Gasteiger charge is -1.95. The zero-order chi connectivity index (χ0) is 6.69. The van der Waals surface area contributed by atoms with Gasteiger partial charge in [-0.2, -0.15) is 0 Å². The number of aryl methyl sites for hydroxylation is 1. The maximum absolute atomic E-state index is 4.01. The van der Waals surface area contributed by atoms with Crippen molar-refractivity contribution in [2.75, 3.05) is 0 Å². The van der Waals surface area contributed by atoms with E-state index in [1.165, 1.54) is 9.13 Å². The maximum Gasteiger partial charge on any atom is 0.0310 e. The molecule has 1 nitrogen and oxygen atoms in total. The molecule has 0 bridgehead atoms. The molecule has 1 heterocycles. The minimum atomic E-state index is 1.08. The zero-order valence-corrected chi connectivity index (χ0v) is 7.42. The summed E-state index contributed by atoms with van der Waals surface area (Å²) in [7, 11) is 0. The Bertz CT molecular complexity index is 198. The minimum Gasteiger partial charge on any atom is -0.264 e. The number of rotatable bonds is 1. The fourth-order valence-electron chi connectivity index (χ4n) is 0.670. The average Bonchev–Trinajstić information content (AvgIpc) is 1.89. The van der Waals surface area contributed by atoms with E-state index in [0.717, 1.165) is 6.42 Å². The van der Waals surface area contributed by atoms with Crippen LogP contribution in [0.3, 0.4) is 0 Å². The quantitative estimate of drug-likeness (QED) is 0.678. The van der Waals surface area contributed by atoms with Crippen LogP contribution in [-0.4, -0.2) is 4.98 Å². The summed E-state index contributed by atoms with van der Waals surface area (Å²) in [6, 6.07) is 2.03. The Balaban J connectivity index is 3.01. The maximum atomic E-state index is 4.01. The zero-order valence-electron chi connectivity index (χ0n) is 5.26. The van der Waals surface area contributed by atoms with Crippen molar-refractivity contribution >= 4 is 22.6 Å². The standard InChI is InChI=1S/C7H8IN/c1-2-6-5-9-4-3-7(6)8/h3-5H,2H2,1H3. The third kappa shape index (κ3) is 1.64. The van der Waals surface area contributed by atoms with Crippen LogP contribution >= 0.6 is 22.6 Å². The molecule has 0 fully saturated rings. The van der Waals surface area contributed by atoms with Crippen LogP contribution in [0.4, 0.5) is 0 Å². The van der Waals surface area contributed by atoms with E-state index < -0.39 is 0 Å². The van der Waals surface area contributed by atoms with Crippen LogP contribution in [0.5, 0.6) is 0 Å². The van der Waals surface area contributed by atoms with E-state index in [1.54, 1.807) is 0 Å². The normalized spacial score (nSPS) is 9.56. The van der Waals surface area contributed by atoms with Gasteiger partial charge in [0, 0.05) is 16.0 Å².